The molecule has 0 atom stereocenters. The molecule has 0 spiro atoms. The lowest BCUT2D eigenvalue weighted by atomic mass is 10.2. The Morgan fingerprint density at radius 2 is 2.21 bits per heavy atom. The van der Waals surface area contributed by atoms with Crippen LogP contribution in [0.25, 0.3) is 0 Å². The second kappa shape index (κ2) is 5.42. The summed E-state index contributed by atoms with van der Waals surface area (Å²) in [7, 11) is 0. The van der Waals surface area contributed by atoms with Crippen molar-refractivity contribution in [3.8, 4) is 0 Å². The average Bonchev–Trinajstić information content (AvgIpc) is 2.15. The van der Waals surface area contributed by atoms with E-state index in [1.54, 1.807) is 17.8 Å². The molecule has 0 bridgehead atoms. The zero-order valence-electron chi connectivity index (χ0n) is 8.29. The first-order valence-electron chi connectivity index (χ1n) is 4.52. The Kier molecular flexibility index (Phi) is 4.49. The van der Waals surface area contributed by atoms with Crippen molar-refractivity contribution in [3.63, 3.8) is 0 Å². The SMILES string of the molecule is CC(C)CSc1cccc(C(=O)Cl)c1. The van der Waals surface area contributed by atoms with Gasteiger partial charge in [0.05, 0.1) is 0 Å². The van der Waals surface area contributed by atoms with Crippen molar-refractivity contribution >= 4 is 28.6 Å². The molecule has 0 unspecified atom stereocenters. The third-order valence-electron chi connectivity index (χ3n) is 1.64. The van der Waals surface area contributed by atoms with Crippen LogP contribution in [0.5, 0.6) is 0 Å². The highest BCUT2D eigenvalue weighted by molar-refractivity contribution is 7.99. The molecule has 0 aliphatic carbocycles. The zero-order chi connectivity index (χ0) is 10.6. The van der Waals surface area contributed by atoms with Gasteiger partial charge in [0.25, 0.3) is 5.24 Å². The van der Waals surface area contributed by atoms with Crippen LogP contribution < -0.4 is 0 Å². The highest BCUT2D eigenvalue weighted by Gasteiger charge is 2.03. The molecule has 0 aliphatic rings. The van der Waals surface area contributed by atoms with Crippen molar-refractivity contribution in [1.29, 1.82) is 0 Å². The van der Waals surface area contributed by atoms with Crippen LogP contribution in [0.1, 0.15) is 24.2 Å². The lowest BCUT2D eigenvalue weighted by Crippen LogP contribution is -1.92. The van der Waals surface area contributed by atoms with E-state index in [0.29, 0.717) is 11.5 Å². The van der Waals surface area contributed by atoms with Crippen molar-refractivity contribution < 1.29 is 4.79 Å². The maximum Gasteiger partial charge on any atom is 0.252 e. The Balaban J connectivity index is 2.69. The molecule has 0 saturated heterocycles. The van der Waals surface area contributed by atoms with E-state index in [4.69, 9.17) is 11.6 Å². The molecule has 0 heterocycles. The number of rotatable bonds is 4. The van der Waals surface area contributed by atoms with E-state index in [9.17, 15) is 4.79 Å². The van der Waals surface area contributed by atoms with Crippen LogP contribution in [0, 0.1) is 5.92 Å². The molecule has 0 aliphatic heterocycles. The molecule has 3 heteroatoms. The second-order valence-electron chi connectivity index (χ2n) is 3.51. The van der Waals surface area contributed by atoms with Gasteiger partial charge < -0.3 is 0 Å². The molecular weight excluding hydrogens is 216 g/mol. The minimum atomic E-state index is -0.392. The van der Waals surface area contributed by atoms with E-state index in [1.807, 2.05) is 18.2 Å². The third-order valence-corrected chi connectivity index (χ3v) is 3.28. The van der Waals surface area contributed by atoms with Gasteiger partial charge in [0.2, 0.25) is 0 Å². The normalized spacial score (nSPS) is 10.6. The molecule has 0 radical (unpaired) electrons. The Morgan fingerprint density at radius 1 is 1.50 bits per heavy atom. The van der Waals surface area contributed by atoms with Gasteiger partial charge >= 0.3 is 0 Å². The number of thioether (sulfide) groups is 1. The van der Waals surface area contributed by atoms with Crippen molar-refractivity contribution in [1.82, 2.24) is 0 Å². The van der Waals surface area contributed by atoms with E-state index >= 15 is 0 Å². The molecular formula is C11H13ClOS. The summed E-state index contributed by atoms with van der Waals surface area (Å²) >= 11 is 7.14. The predicted octanol–water partition coefficient (Wildman–Crippen LogP) is 3.81. The van der Waals surface area contributed by atoms with Crippen LogP contribution in [-0.2, 0) is 0 Å². The standard InChI is InChI=1S/C11H13ClOS/c1-8(2)7-14-10-5-3-4-9(6-10)11(12)13/h3-6,8H,7H2,1-2H3. The van der Waals surface area contributed by atoms with Gasteiger partial charge in [0, 0.05) is 16.2 Å². The second-order valence-corrected chi connectivity index (χ2v) is 4.94. The number of halogens is 1. The molecule has 1 aromatic rings. The van der Waals surface area contributed by atoms with Crippen LogP contribution in [0.4, 0.5) is 0 Å². The topological polar surface area (TPSA) is 17.1 Å². The highest BCUT2D eigenvalue weighted by atomic mass is 35.5. The first-order valence-corrected chi connectivity index (χ1v) is 5.88. The Hall–Kier alpha value is -0.470. The van der Waals surface area contributed by atoms with Crippen molar-refractivity contribution in [2.24, 2.45) is 5.92 Å². The smallest absolute Gasteiger partial charge is 0.252 e. The largest absolute Gasteiger partial charge is 0.276 e. The molecule has 76 valence electrons. The Labute approximate surface area is 93.8 Å². The monoisotopic (exact) mass is 228 g/mol. The summed E-state index contributed by atoms with van der Waals surface area (Å²) in [5, 5.41) is -0.392. The number of carbonyl (C=O) groups is 1. The van der Waals surface area contributed by atoms with Gasteiger partial charge in [-0.15, -0.1) is 11.8 Å². The molecule has 0 N–H and O–H groups in total. The summed E-state index contributed by atoms with van der Waals surface area (Å²) in [5.41, 5.74) is 0.570. The summed E-state index contributed by atoms with van der Waals surface area (Å²) in [6.07, 6.45) is 0. The lowest BCUT2D eigenvalue weighted by Gasteiger charge is -2.04. The molecule has 14 heavy (non-hydrogen) atoms. The summed E-state index contributed by atoms with van der Waals surface area (Å²) < 4.78 is 0. The minimum Gasteiger partial charge on any atom is -0.276 e. The maximum absolute atomic E-state index is 10.9. The molecule has 0 saturated carbocycles. The highest BCUT2D eigenvalue weighted by Crippen LogP contribution is 2.22. The van der Waals surface area contributed by atoms with Gasteiger partial charge in [0.1, 0.15) is 0 Å². The lowest BCUT2D eigenvalue weighted by molar-refractivity contribution is 0.108. The van der Waals surface area contributed by atoms with Crippen LogP contribution in [0.15, 0.2) is 29.2 Å². The van der Waals surface area contributed by atoms with Crippen molar-refractivity contribution in [2.45, 2.75) is 18.7 Å². The molecule has 1 aromatic carbocycles. The van der Waals surface area contributed by atoms with Gasteiger partial charge in [0.15, 0.2) is 0 Å². The fourth-order valence-corrected chi connectivity index (χ4v) is 2.00. The van der Waals surface area contributed by atoms with E-state index in [-0.39, 0.29) is 0 Å². The van der Waals surface area contributed by atoms with E-state index in [0.717, 1.165) is 10.6 Å². The van der Waals surface area contributed by atoms with Gasteiger partial charge in [-0.25, -0.2) is 0 Å². The van der Waals surface area contributed by atoms with Crippen LogP contribution in [-0.4, -0.2) is 11.0 Å². The number of carbonyl (C=O) groups excluding carboxylic acids is 1. The fraction of sp³-hybridized carbons (Fsp3) is 0.364. The van der Waals surface area contributed by atoms with Crippen LogP contribution >= 0.6 is 23.4 Å². The summed E-state index contributed by atoms with van der Waals surface area (Å²) in [6.45, 7) is 4.34. The van der Waals surface area contributed by atoms with Gasteiger partial charge in [-0.3, -0.25) is 4.79 Å². The average molecular weight is 229 g/mol. The third kappa shape index (κ3) is 3.72. The van der Waals surface area contributed by atoms with Gasteiger partial charge in [-0.1, -0.05) is 26.0 Å². The quantitative estimate of drug-likeness (QED) is 0.576. The number of benzene rings is 1. The van der Waals surface area contributed by atoms with E-state index in [2.05, 4.69) is 13.8 Å². The van der Waals surface area contributed by atoms with E-state index < -0.39 is 5.24 Å². The fourth-order valence-electron chi connectivity index (χ4n) is 0.971. The van der Waals surface area contributed by atoms with Crippen molar-refractivity contribution in [2.75, 3.05) is 5.75 Å². The van der Waals surface area contributed by atoms with Crippen molar-refractivity contribution in [3.05, 3.63) is 29.8 Å². The Morgan fingerprint density at radius 3 is 2.79 bits per heavy atom. The predicted molar refractivity (Wildman–Crippen MR) is 62.2 cm³/mol. The molecule has 1 rings (SSSR count). The molecule has 1 nitrogen and oxygen atoms in total. The number of hydrogen-bond acceptors (Lipinski definition) is 2. The van der Waals surface area contributed by atoms with E-state index in [1.165, 1.54) is 0 Å². The molecule has 0 amide bonds. The molecule has 0 aromatic heterocycles. The first kappa shape index (κ1) is 11.6. The summed E-state index contributed by atoms with van der Waals surface area (Å²) in [5.74, 6) is 1.70. The first-order chi connectivity index (χ1) is 6.59. The minimum absolute atomic E-state index is 0.392. The van der Waals surface area contributed by atoms with Crippen LogP contribution in [0.3, 0.4) is 0 Å². The maximum atomic E-state index is 10.9. The summed E-state index contributed by atoms with van der Waals surface area (Å²) in [4.78, 5) is 12.0. The van der Waals surface area contributed by atoms with Gasteiger partial charge in [-0.05, 0) is 29.7 Å². The van der Waals surface area contributed by atoms with Crippen LogP contribution in [0.2, 0.25) is 0 Å². The molecule has 0 fully saturated rings. The summed E-state index contributed by atoms with van der Waals surface area (Å²) in [6, 6.07) is 7.42. The van der Waals surface area contributed by atoms with Gasteiger partial charge in [-0.2, -0.15) is 0 Å². The Bertz CT molecular complexity index is 323. The number of hydrogen-bond donors (Lipinski definition) is 0. The zero-order valence-corrected chi connectivity index (χ0v) is 9.86.